The second kappa shape index (κ2) is 5.23. The van der Waals surface area contributed by atoms with Crippen molar-refractivity contribution in [2.45, 2.75) is 32.1 Å². The highest BCUT2D eigenvalue weighted by atomic mass is 16.2. The van der Waals surface area contributed by atoms with Crippen molar-refractivity contribution in [3.8, 4) is 0 Å². The summed E-state index contributed by atoms with van der Waals surface area (Å²) >= 11 is 0. The van der Waals surface area contributed by atoms with E-state index in [1.807, 2.05) is 0 Å². The lowest BCUT2D eigenvalue weighted by Gasteiger charge is -2.26. The molecule has 3 rings (SSSR count). The van der Waals surface area contributed by atoms with Gasteiger partial charge in [-0.1, -0.05) is 43.5 Å². The summed E-state index contributed by atoms with van der Waals surface area (Å²) in [5, 5.41) is 0. The van der Waals surface area contributed by atoms with E-state index in [1.165, 1.54) is 24.2 Å². The number of benzene rings is 1. The Morgan fingerprint density at radius 3 is 2.15 bits per heavy atom. The molecule has 3 nitrogen and oxygen atoms in total. The van der Waals surface area contributed by atoms with Crippen molar-refractivity contribution in [1.82, 2.24) is 4.90 Å². The Balaban J connectivity index is 1.74. The normalized spacial score (nSPS) is 19.3. The van der Waals surface area contributed by atoms with Crippen molar-refractivity contribution >= 4 is 11.8 Å². The minimum Gasteiger partial charge on any atom is -0.270 e. The lowest BCUT2D eigenvalue weighted by Crippen LogP contribution is -2.33. The second-order valence-corrected chi connectivity index (χ2v) is 5.74. The van der Waals surface area contributed by atoms with Crippen molar-refractivity contribution in [3.63, 3.8) is 0 Å². The molecule has 1 fully saturated rings. The summed E-state index contributed by atoms with van der Waals surface area (Å²) in [6.07, 6.45) is 6.03. The smallest absolute Gasteiger partial charge is 0.261 e. The number of hydrogen-bond acceptors (Lipinski definition) is 2. The molecule has 2 aliphatic rings. The maximum Gasteiger partial charge on any atom is 0.261 e. The first-order valence-corrected chi connectivity index (χ1v) is 7.31. The largest absolute Gasteiger partial charge is 0.270 e. The zero-order valence-electron chi connectivity index (χ0n) is 11.6. The summed E-state index contributed by atoms with van der Waals surface area (Å²) in [6.45, 7) is 4.50. The Bertz CT molecular complexity index is 535. The molecule has 20 heavy (non-hydrogen) atoms. The molecule has 1 aromatic rings. The predicted octanol–water partition coefficient (Wildman–Crippen LogP) is 3.42. The molecule has 0 saturated heterocycles. The van der Waals surface area contributed by atoms with Gasteiger partial charge in [0, 0.05) is 0 Å². The topological polar surface area (TPSA) is 37.4 Å². The molecule has 0 unspecified atom stereocenters. The minimum atomic E-state index is -0.178. The monoisotopic (exact) mass is 269 g/mol. The van der Waals surface area contributed by atoms with E-state index in [-0.39, 0.29) is 11.8 Å². The van der Waals surface area contributed by atoms with Crippen molar-refractivity contribution < 1.29 is 9.59 Å². The van der Waals surface area contributed by atoms with Gasteiger partial charge in [0.2, 0.25) is 0 Å². The second-order valence-electron chi connectivity index (χ2n) is 5.74. The van der Waals surface area contributed by atoms with Crippen molar-refractivity contribution in [2.24, 2.45) is 5.92 Å². The van der Waals surface area contributed by atoms with Crippen LogP contribution in [0.3, 0.4) is 0 Å². The third-order valence-corrected chi connectivity index (χ3v) is 4.42. The number of fused-ring (bicyclic) bond motifs is 1. The van der Waals surface area contributed by atoms with Gasteiger partial charge in [-0.05, 0) is 30.9 Å². The molecule has 0 bridgehead atoms. The van der Waals surface area contributed by atoms with Gasteiger partial charge < -0.3 is 0 Å². The van der Waals surface area contributed by atoms with E-state index in [1.54, 1.807) is 24.3 Å². The van der Waals surface area contributed by atoms with Crippen LogP contribution in [0.5, 0.6) is 0 Å². The van der Waals surface area contributed by atoms with Gasteiger partial charge >= 0.3 is 0 Å². The van der Waals surface area contributed by atoms with Crippen molar-refractivity contribution in [2.75, 3.05) is 6.54 Å². The van der Waals surface area contributed by atoms with Gasteiger partial charge in [0.25, 0.3) is 11.8 Å². The zero-order valence-corrected chi connectivity index (χ0v) is 11.6. The van der Waals surface area contributed by atoms with Crippen LogP contribution in [0.25, 0.3) is 0 Å². The Labute approximate surface area is 119 Å². The Morgan fingerprint density at radius 1 is 1.05 bits per heavy atom. The number of hydrogen-bond donors (Lipinski definition) is 0. The van der Waals surface area contributed by atoms with Crippen LogP contribution in [0.1, 0.15) is 52.8 Å². The number of carbonyl (C=O) groups excluding carboxylic acids is 2. The molecule has 2 amide bonds. The molecule has 3 heteroatoms. The van der Waals surface area contributed by atoms with Gasteiger partial charge in [0.1, 0.15) is 0 Å². The Kier molecular flexibility index (Phi) is 3.43. The fourth-order valence-electron chi connectivity index (χ4n) is 3.23. The molecule has 0 radical (unpaired) electrons. The van der Waals surface area contributed by atoms with Crippen molar-refractivity contribution in [3.05, 3.63) is 47.5 Å². The average Bonchev–Trinajstić information content (AvgIpc) is 2.74. The fourth-order valence-corrected chi connectivity index (χ4v) is 3.23. The zero-order chi connectivity index (χ0) is 14.1. The Morgan fingerprint density at radius 2 is 1.60 bits per heavy atom. The first-order chi connectivity index (χ1) is 9.68. The number of carbonyl (C=O) groups is 2. The number of amides is 2. The number of nitrogens with zero attached hydrogens (tertiary/aromatic N) is 1. The van der Waals surface area contributed by atoms with E-state index in [2.05, 4.69) is 6.58 Å². The quantitative estimate of drug-likeness (QED) is 0.623. The summed E-state index contributed by atoms with van der Waals surface area (Å²) in [7, 11) is 0. The van der Waals surface area contributed by atoms with Gasteiger partial charge in [-0.15, -0.1) is 0 Å². The standard InChI is InChI=1S/C17H19NO2/c1-12(13-7-3-2-4-8-13)11-18-16(19)14-9-5-6-10-15(14)17(18)20/h5-6,9-10,13H,1-4,7-8,11H2. The third-order valence-electron chi connectivity index (χ3n) is 4.42. The van der Waals surface area contributed by atoms with Gasteiger partial charge in [-0.2, -0.15) is 0 Å². The molecule has 1 aliphatic carbocycles. The van der Waals surface area contributed by atoms with Crippen LogP contribution in [-0.4, -0.2) is 23.3 Å². The van der Waals surface area contributed by atoms with Gasteiger partial charge in [0.05, 0.1) is 17.7 Å². The lowest BCUT2D eigenvalue weighted by molar-refractivity contribution is 0.0663. The van der Waals surface area contributed by atoms with E-state index in [9.17, 15) is 9.59 Å². The maximum absolute atomic E-state index is 12.3. The van der Waals surface area contributed by atoms with Crippen LogP contribution < -0.4 is 0 Å². The van der Waals surface area contributed by atoms with Crippen molar-refractivity contribution in [1.29, 1.82) is 0 Å². The molecule has 0 atom stereocenters. The lowest BCUT2D eigenvalue weighted by atomic mass is 9.84. The summed E-state index contributed by atoms with van der Waals surface area (Å²) in [5.41, 5.74) is 2.07. The number of rotatable bonds is 3. The van der Waals surface area contributed by atoms with Crippen LogP contribution in [0.15, 0.2) is 36.4 Å². The Hall–Kier alpha value is -1.90. The molecule has 104 valence electrons. The van der Waals surface area contributed by atoms with E-state index >= 15 is 0 Å². The maximum atomic E-state index is 12.3. The average molecular weight is 269 g/mol. The first kappa shape index (κ1) is 13.1. The van der Waals surface area contributed by atoms with Crippen LogP contribution in [0.4, 0.5) is 0 Å². The van der Waals surface area contributed by atoms with E-state index < -0.39 is 0 Å². The van der Waals surface area contributed by atoms with Crippen LogP contribution in [-0.2, 0) is 0 Å². The van der Waals surface area contributed by atoms with Gasteiger partial charge in [-0.3, -0.25) is 14.5 Å². The van der Waals surface area contributed by atoms with E-state index in [0.29, 0.717) is 23.6 Å². The highest BCUT2D eigenvalue weighted by molar-refractivity contribution is 6.21. The first-order valence-electron chi connectivity index (χ1n) is 7.31. The summed E-state index contributed by atoms with van der Waals surface area (Å²) in [4.78, 5) is 25.9. The van der Waals surface area contributed by atoms with Crippen LogP contribution in [0.2, 0.25) is 0 Å². The molecular weight excluding hydrogens is 250 g/mol. The summed E-state index contributed by atoms with van der Waals surface area (Å²) < 4.78 is 0. The highest BCUT2D eigenvalue weighted by Crippen LogP contribution is 2.31. The summed E-state index contributed by atoms with van der Waals surface area (Å²) in [5.74, 6) is 0.109. The molecule has 1 saturated carbocycles. The predicted molar refractivity (Wildman–Crippen MR) is 77.5 cm³/mol. The molecule has 1 heterocycles. The highest BCUT2D eigenvalue weighted by Gasteiger charge is 2.35. The number of imide groups is 1. The van der Waals surface area contributed by atoms with Gasteiger partial charge in [-0.25, -0.2) is 0 Å². The molecular formula is C17H19NO2. The molecule has 0 aromatic heterocycles. The molecule has 1 aliphatic heterocycles. The molecule has 1 aromatic carbocycles. The SMILES string of the molecule is C=C(CN1C(=O)c2ccccc2C1=O)C1CCCCC1. The van der Waals surface area contributed by atoms with Gasteiger partial charge in [0.15, 0.2) is 0 Å². The molecule has 0 spiro atoms. The summed E-state index contributed by atoms with van der Waals surface area (Å²) in [6, 6.07) is 7.03. The van der Waals surface area contributed by atoms with E-state index in [0.717, 1.165) is 18.4 Å². The van der Waals surface area contributed by atoms with Crippen LogP contribution in [0, 0.1) is 5.92 Å². The third kappa shape index (κ3) is 2.17. The molecule has 0 N–H and O–H groups in total. The van der Waals surface area contributed by atoms with Crippen LogP contribution >= 0.6 is 0 Å². The fraction of sp³-hybridized carbons (Fsp3) is 0.412. The van der Waals surface area contributed by atoms with E-state index in [4.69, 9.17) is 0 Å². The minimum absolute atomic E-state index is 0.178.